The van der Waals surface area contributed by atoms with Gasteiger partial charge in [0.05, 0.1) is 12.3 Å². The lowest BCUT2D eigenvalue weighted by atomic mass is 10.3. The molecule has 0 aliphatic heterocycles. The number of hydrogen-bond acceptors (Lipinski definition) is 4. The van der Waals surface area contributed by atoms with Gasteiger partial charge in [-0.1, -0.05) is 0 Å². The van der Waals surface area contributed by atoms with Crippen LogP contribution in [0.15, 0.2) is 11.1 Å². The van der Waals surface area contributed by atoms with Gasteiger partial charge in [0.2, 0.25) is 0 Å². The zero-order valence-electron chi connectivity index (χ0n) is 8.50. The van der Waals surface area contributed by atoms with Gasteiger partial charge in [-0.3, -0.25) is 10.1 Å². The Morgan fingerprint density at radius 1 is 1.71 bits per heavy atom. The van der Waals surface area contributed by atoms with Gasteiger partial charge in [0.15, 0.2) is 0 Å². The van der Waals surface area contributed by atoms with Crippen LogP contribution >= 0.6 is 0 Å². The first-order chi connectivity index (χ1) is 6.69. The quantitative estimate of drug-likeness (QED) is 0.578. The van der Waals surface area contributed by atoms with Gasteiger partial charge in [-0.15, -0.1) is 0 Å². The summed E-state index contributed by atoms with van der Waals surface area (Å²) in [7, 11) is 1.67. The highest BCUT2D eigenvalue weighted by atomic mass is 16.5. The Morgan fingerprint density at radius 2 is 2.43 bits per heavy atom. The number of aromatic amines is 1. The van der Waals surface area contributed by atoms with Crippen molar-refractivity contribution in [2.75, 3.05) is 13.7 Å². The summed E-state index contributed by atoms with van der Waals surface area (Å²) in [5.41, 5.74) is 1.79. The molecule has 0 bridgehead atoms. The highest BCUT2D eigenvalue weighted by molar-refractivity contribution is 5.99. The summed E-state index contributed by atoms with van der Waals surface area (Å²) in [6.45, 7) is 3.94. The van der Waals surface area contributed by atoms with E-state index in [9.17, 15) is 4.79 Å². The number of nitrogens with one attached hydrogen (secondary N) is 1. The molecule has 0 radical (unpaired) electrons. The molecule has 1 rings (SSSR count). The zero-order valence-corrected chi connectivity index (χ0v) is 8.50. The largest absolute Gasteiger partial charge is 0.461 e. The van der Waals surface area contributed by atoms with Crippen molar-refractivity contribution in [3.8, 4) is 0 Å². The molecule has 0 atom stereocenters. The van der Waals surface area contributed by atoms with Gasteiger partial charge >= 0.3 is 5.97 Å². The van der Waals surface area contributed by atoms with Crippen molar-refractivity contribution in [1.82, 2.24) is 10.2 Å². The van der Waals surface area contributed by atoms with Crippen LogP contribution in [0.5, 0.6) is 0 Å². The summed E-state index contributed by atoms with van der Waals surface area (Å²) in [5.74, 6) is -0.393. The van der Waals surface area contributed by atoms with Crippen molar-refractivity contribution in [1.29, 1.82) is 0 Å². The number of hydrogen-bond donors (Lipinski definition) is 1. The molecular weight excluding hydrogens is 182 g/mol. The number of nitrogens with zero attached hydrogens (tertiary/aromatic N) is 2. The first-order valence-electron chi connectivity index (χ1n) is 4.35. The van der Waals surface area contributed by atoms with E-state index in [2.05, 4.69) is 15.2 Å². The molecule has 0 unspecified atom stereocenters. The van der Waals surface area contributed by atoms with Crippen LogP contribution in [0.25, 0.3) is 0 Å². The first-order valence-corrected chi connectivity index (χ1v) is 4.35. The Labute approximate surface area is 82.2 Å². The van der Waals surface area contributed by atoms with Crippen LogP contribution in [0.3, 0.4) is 0 Å². The first kappa shape index (κ1) is 10.4. The van der Waals surface area contributed by atoms with Crippen LogP contribution < -0.4 is 0 Å². The summed E-state index contributed by atoms with van der Waals surface area (Å²) >= 11 is 0. The standard InChI is InChI=1S/C9H13N3O2/c1-4-14-9(13)8-5-7(11-12-8)6(2)10-3/h5H,4H2,1-3H3,(H,11,12). The van der Waals surface area contributed by atoms with Gasteiger partial charge in [0.1, 0.15) is 11.4 Å². The number of H-pyrrole nitrogens is 1. The summed E-state index contributed by atoms with van der Waals surface area (Å²) in [6, 6.07) is 1.63. The maximum atomic E-state index is 11.2. The van der Waals surface area contributed by atoms with E-state index in [4.69, 9.17) is 4.74 Å². The number of carbonyl (C=O) groups is 1. The molecule has 0 aliphatic rings. The van der Waals surface area contributed by atoms with Gasteiger partial charge in [-0.25, -0.2) is 4.79 Å². The molecule has 1 aromatic heterocycles. The summed E-state index contributed by atoms with van der Waals surface area (Å²) < 4.78 is 4.80. The lowest BCUT2D eigenvalue weighted by molar-refractivity contribution is 0.0519. The molecule has 0 spiro atoms. The van der Waals surface area contributed by atoms with Crippen LogP contribution in [0, 0.1) is 0 Å². The number of esters is 1. The Morgan fingerprint density at radius 3 is 3.00 bits per heavy atom. The third kappa shape index (κ3) is 2.18. The van der Waals surface area contributed by atoms with Crippen molar-refractivity contribution in [3.05, 3.63) is 17.5 Å². The van der Waals surface area contributed by atoms with Crippen LogP contribution in [0.4, 0.5) is 0 Å². The normalized spacial score (nSPS) is 11.5. The molecule has 0 saturated heterocycles. The van der Waals surface area contributed by atoms with Crippen molar-refractivity contribution < 1.29 is 9.53 Å². The van der Waals surface area contributed by atoms with E-state index in [0.29, 0.717) is 18.0 Å². The predicted molar refractivity (Wildman–Crippen MR) is 52.7 cm³/mol. The molecule has 14 heavy (non-hydrogen) atoms. The fourth-order valence-corrected chi connectivity index (χ4v) is 0.935. The minimum Gasteiger partial charge on any atom is -0.461 e. The third-order valence-corrected chi connectivity index (χ3v) is 1.78. The van der Waals surface area contributed by atoms with Crippen molar-refractivity contribution >= 4 is 11.7 Å². The Balaban J connectivity index is 2.83. The maximum absolute atomic E-state index is 11.2. The number of carbonyl (C=O) groups excluding carboxylic acids is 1. The molecule has 0 saturated carbocycles. The highest BCUT2D eigenvalue weighted by Gasteiger charge is 2.11. The maximum Gasteiger partial charge on any atom is 0.356 e. The monoisotopic (exact) mass is 195 g/mol. The molecular formula is C9H13N3O2. The molecule has 76 valence electrons. The van der Waals surface area contributed by atoms with Gasteiger partial charge in [-0.05, 0) is 19.9 Å². The third-order valence-electron chi connectivity index (χ3n) is 1.78. The van der Waals surface area contributed by atoms with Gasteiger partial charge < -0.3 is 4.74 Å². The van der Waals surface area contributed by atoms with E-state index in [1.807, 2.05) is 6.92 Å². The van der Waals surface area contributed by atoms with Crippen molar-refractivity contribution in [3.63, 3.8) is 0 Å². The number of aliphatic imine (C=N–C) groups is 1. The zero-order chi connectivity index (χ0) is 10.6. The van der Waals surface area contributed by atoms with Crippen LogP contribution in [-0.2, 0) is 4.74 Å². The summed E-state index contributed by atoms with van der Waals surface area (Å²) in [6.07, 6.45) is 0. The molecule has 1 heterocycles. The molecule has 1 N–H and O–H groups in total. The fraction of sp³-hybridized carbons (Fsp3) is 0.444. The fourth-order valence-electron chi connectivity index (χ4n) is 0.935. The molecule has 0 aromatic carbocycles. The van der Waals surface area contributed by atoms with Gasteiger partial charge in [-0.2, -0.15) is 5.10 Å². The Hall–Kier alpha value is -1.65. The van der Waals surface area contributed by atoms with Crippen LogP contribution in [0.1, 0.15) is 30.0 Å². The average molecular weight is 195 g/mol. The average Bonchev–Trinajstić information content (AvgIpc) is 2.66. The lowest BCUT2D eigenvalue weighted by Crippen LogP contribution is -2.04. The van der Waals surface area contributed by atoms with E-state index >= 15 is 0 Å². The number of rotatable bonds is 3. The predicted octanol–water partition coefficient (Wildman–Crippen LogP) is 1.03. The molecule has 0 aliphatic carbocycles. The van der Waals surface area contributed by atoms with E-state index < -0.39 is 5.97 Å². The van der Waals surface area contributed by atoms with E-state index in [1.165, 1.54) is 0 Å². The molecule has 5 nitrogen and oxygen atoms in total. The summed E-state index contributed by atoms with van der Waals surface area (Å²) in [4.78, 5) is 15.2. The Bertz CT molecular complexity index is 355. The Kier molecular flexibility index (Phi) is 3.39. The second-order valence-electron chi connectivity index (χ2n) is 2.70. The van der Waals surface area contributed by atoms with E-state index in [-0.39, 0.29) is 0 Å². The van der Waals surface area contributed by atoms with Crippen molar-refractivity contribution in [2.24, 2.45) is 4.99 Å². The summed E-state index contributed by atoms with van der Waals surface area (Å²) in [5, 5.41) is 6.53. The number of aromatic nitrogens is 2. The lowest BCUT2D eigenvalue weighted by Gasteiger charge is -1.95. The van der Waals surface area contributed by atoms with Crippen molar-refractivity contribution in [2.45, 2.75) is 13.8 Å². The second-order valence-corrected chi connectivity index (χ2v) is 2.70. The molecule has 0 amide bonds. The topological polar surface area (TPSA) is 67.3 Å². The molecule has 5 heteroatoms. The van der Waals surface area contributed by atoms with Crippen LogP contribution in [-0.4, -0.2) is 35.5 Å². The smallest absolute Gasteiger partial charge is 0.356 e. The molecule has 1 aromatic rings. The van der Waals surface area contributed by atoms with E-state index in [1.54, 1.807) is 20.0 Å². The highest BCUT2D eigenvalue weighted by Crippen LogP contribution is 2.02. The SMILES string of the molecule is CCOC(=O)c1cc(C(C)=NC)n[nH]1. The minimum absolute atomic E-state index is 0.352. The van der Waals surface area contributed by atoms with Gasteiger partial charge in [0, 0.05) is 7.05 Å². The van der Waals surface area contributed by atoms with Crippen LogP contribution in [0.2, 0.25) is 0 Å². The van der Waals surface area contributed by atoms with Gasteiger partial charge in [0.25, 0.3) is 0 Å². The second kappa shape index (κ2) is 4.55. The minimum atomic E-state index is -0.393. The molecule has 0 fully saturated rings. The number of ether oxygens (including phenoxy) is 1. The van der Waals surface area contributed by atoms with E-state index in [0.717, 1.165) is 5.71 Å².